The maximum absolute atomic E-state index is 12.9. The zero-order chi connectivity index (χ0) is 18.3. The van der Waals surface area contributed by atoms with E-state index in [4.69, 9.17) is 0 Å². The standard InChI is InChI=1S/C22H20N2O2/c1-3-12-23(15(2)25)14-16-13-21-18-9-4-5-10-19(18)22(26)24(21)20-11-7-6-8-17(16)20/h4-11,13-14H,3,12H2,1-2H3/b16-14+. The zero-order valence-corrected chi connectivity index (χ0v) is 14.9. The molecule has 0 N–H and O–H groups in total. The number of anilines is 1. The van der Waals surface area contributed by atoms with E-state index in [1.807, 2.05) is 60.8 Å². The topological polar surface area (TPSA) is 40.6 Å². The molecule has 2 aliphatic rings. The highest BCUT2D eigenvalue weighted by molar-refractivity contribution is 6.25. The predicted molar refractivity (Wildman–Crippen MR) is 103 cm³/mol. The number of carbonyl (C=O) groups excluding carboxylic acids is 2. The van der Waals surface area contributed by atoms with Crippen molar-refractivity contribution in [3.8, 4) is 0 Å². The molecule has 0 atom stereocenters. The highest BCUT2D eigenvalue weighted by atomic mass is 16.2. The third kappa shape index (κ3) is 2.46. The van der Waals surface area contributed by atoms with Gasteiger partial charge in [0.25, 0.3) is 5.91 Å². The van der Waals surface area contributed by atoms with Gasteiger partial charge in [-0.2, -0.15) is 0 Å². The number of allylic oxidation sites excluding steroid dienone is 2. The van der Waals surface area contributed by atoms with Crippen LogP contribution in [0.4, 0.5) is 5.69 Å². The summed E-state index contributed by atoms with van der Waals surface area (Å²) in [5.41, 5.74) is 5.28. The maximum Gasteiger partial charge on any atom is 0.263 e. The molecule has 2 aromatic rings. The highest BCUT2D eigenvalue weighted by Gasteiger charge is 2.37. The minimum atomic E-state index is -0.00432. The average Bonchev–Trinajstić information content (AvgIpc) is 2.94. The van der Waals surface area contributed by atoms with Gasteiger partial charge in [0.1, 0.15) is 0 Å². The molecular weight excluding hydrogens is 324 g/mol. The second-order valence-corrected chi connectivity index (χ2v) is 6.53. The monoisotopic (exact) mass is 344 g/mol. The Morgan fingerprint density at radius 1 is 1.04 bits per heavy atom. The molecule has 2 amide bonds. The van der Waals surface area contributed by atoms with Gasteiger partial charge in [-0.05, 0) is 24.6 Å². The van der Waals surface area contributed by atoms with E-state index in [0.29, 0.717) is 12.1 Å². The lowest BCUT2D eigenvalue weighted by Crippen LogP contribution is -2.27. The SMILES string of the molecule is CCCN(/C=C1\C=C2c3ccccc3C(=O)N2c2ccccc21)C(C)=O. The molecule has 0 saturated heterocycles. The Morgan fingerprint density at radius 3 is 2.38 bits per heavy atom. The summed E-state index contributed by atoms with van der Waals surface area (Å²) in [6, 6.07) is 15.5. The molecule has 130 valence electrons. The molecule has 4 nitrogen and oxygen atoms in total. The van der Waals surface area contributed by atoms with Crippen LogP contribution in [0.25, 0.3) is 11.3 Å². The number of nitrogens with zero attached hydrogens (tertiary/aromatic N) is 2. The molecule has 0 radical (unpaired) electrons. The summed E-state index contributed by atoms with van der Waals surface area (Å²) in [4.78, 5) is 28.4. The van der Waals surface area contributed by atoms with E-state index >= 15 is 0 Å². The van der Waals surface area contributed by atoms with E-state index in [1.165, 1.54) is 0 Å². The second-order valence-electron chi connectivity index (χ2n) is 6.53. The molecule has 0 aliphatic carbocycles. The molecule has 2 heterocycles. The number of hydrogen-bond donors (Lipinski definition) is 0. The quantitative estimate of drug-likeness (QED) is 0.833. The number of benzene rings is 2. The molecular formula is C22H20N2O2. The lowest BCUT2D eigenvalue weighted by Gasteiger charge is -2.28. The smallest absolute Gasteiger partial charge is 0.263 e. The van der Waals surface area contributed by atoms with Crippen LogP contribution >= 0.6 is 0 Å². The van der Waals surface area contributed by atoms with E-state index in [9.17, 15) is 9.59 Å². The third-order valence-corrected chi connectivity index (χ3v) is 4.79. The van der Waals surface area contributed by atoms with Crippen LogP contribution in [0.1, 0.15) is 41.8 Å². The summed E-state index contributed by atoms with van der Waals surface area (Å²) in [7, 11) is 0. The molecule has 26 heavy (non-hydrogen) atoms. The Balaban J connectivity index is 1.92. The van der Waals surface area contributed by atoms with Crippen molar-refractivity contribution in [3.63, 3.8) is 0 Å². The first kappa shape index (κ1) is 16.3. The van der Waals surface area contributed by atoms with Gasteiger partial charge in [0.2, 0.25) is 5.91 Å². The van der Waals surface area contributed by atoms with Gasteiger partial charge >= 0.3 is 0 Å². The van der Waals surface area contributed by atoms with Gasteiger partial charge in [-0.1, -0.05) is 43.3 Å². The van der Waals surface area contributed by atoms with Crippen molar-refractivity contribution < 1.29 is 9.59 Å². The van der Waals surface area contributed by atoms with Crippen LogP contribution in [-0.4, -0.2) is 23.3 Å². The average molecular weight is 344 g/mol. The van der Waals surface area contributed by atoms with Crippen molar-refractivity contribution in [2.75, 3.05) is 11.4 Å². The minimum absolute atomic E-state index is 0.00432. The molecule has 4 heteroatoms. The Labute approximate surface area is 153 Å². The lowest BCUT2D eigenvalue weighted by atomic mass is 9.97. The first-order chi connectivity index (χ1) is 12.6. The Hall–Kier alpha value is -3.14. The van der Waals surface area contributed by atoms with E-state index in [2.05, 4.69) is 6.92 Å². The number of carbonyl (C=O) groups is 2. The van der Waals surface area contributed by atoms with Gasteiger partial charge < -0.3 is 4.90 Å². The summed E-state index contributed by atoms with van der Waals surface area (Å²) in [6.45, 7) is 4.30. The molecule has 0 fully saturated rings. The number of fused-ring (bicyclic) bond motifs is 5. The maximum atomic E-state index is 12.9. The van der Waals surface area contributed by atoms with Gasteiger partial charge in [0.15, 0.2) is 0 Å². The first-order valence-electron chi connectivity index (χ1n) is 8.85. The van der Waals surface area contributed by atoms with Gasteiger partial charge in [-0.15, -0.1) is 0 Å². The number of rotatable bonds is 3. The van der Waals surface area contributed by atoms with Crippen LogP contribution in [0, 0.1) is 0 Å². The lowest BCUT2D eigenvalue weighted by molar-refractivity contribution is -0.126. The van der Waals surface area contributed by atoms with Crippen molar-refractivity contribution in [2.45, 2.75) is 20.3 Å². The predicted octanol–water partition coefficient (Wildman–Crippen LogP) is 4.30. The van der Waals surface area contributed by atoms with Crippen molar-refractivity contribution in [1.29, 1.82) is 0 Å². The summed E-state index contributed by atoms with van der Waals surface area (Å²) in [6.07, 6.45) is 4.80. The Morgan fingerprint density at radius 2 is 1.69 bits per heavy atom. The summed E-state index contributed by atoms with van der Waals surface area (Å²) in [5, 5.41) is 0. The summed E-state index contributed by atoms with van der Waals surface area (Å²) >= 11 is 0. The molecule has 0 bridgehead atoms. The van der Waals surface area contributed by atoms with Crippen LogP contribution in [0.15, 0.2) is 60.8 Å². The second kappa shape index (κ2) is 6.30. The summed E-state index contributed by atoms with van der Waals surface area (Å²) < 4.78 is 0. The van der Waals surface area contributed by atoms with Gasteiger partial charge in [-0.25, -0.2) is 0 Å². The zero-order valence-electron chi connectivity index (χ0n) is 14.9. The molecule has 0 spiro atoms. The summed E-state index contributed by atoms with van der Waals surface area (Å²) in [5.74, 6) is 0.0101. The minimum Gasteiger partial charge on any atom is -0.319 e. The van der Waals surface area contributed by atoms with Crippen LogP contribution in [-0.2, 0) is 4.79 Å². The normalized spacial score (nSPS) is 16.1. The van der Waals surface area contributed by atoms with Gasteiger partial charge in [0.05, 0.1) is 11.4 Å². The molecule has 0 unspecified atom stereocenters. The molecule has 0 aromatic heterocycles. The fourth-order valence-electron chi connectivity index (χ4n) is 3.59. The van der Waals surface area contributed by atoms with Crippen LogP contribution in [0.3, 0.4) is 0 Å². The molecule has 2 aliphatic heterocycles. The molecule has 0 saturated carbocycles. The van der Waals surface area contributed by atoms with E-state index in [0.717, 1.165) is 34.5 Å². The van der Waals surface area contributed by atoms with Crippen LogP contribution < -0.4 is 4.90 Å². The van der Waals surface area contributed by atoms with E-state index < -0.39 is 0 Å². The Bertz CT molecular complexity index is 972. The highest BCUT2D eigenvalue weighted by Crippen LogP contribution is 2.45. The number of amides is 2. The first-order valence-corrected chi connectivity index (χ1v) is 8.85. The Kier molecular flexibility index (Phi) is 3.96. The van der Waals surface area contributed by atoms with E-state index in [1.54, 1.807) is 16.7 Å². The van der Waals surface area contributed by atoms with Gasteiger partial charge in [-0.3, -0.25) is 14.5 Å². The van der Waals surface area contributed by atoms with Crippen LogP contribution in [0.5, 0.6) is 0 Å². The fraction of sp³-hybridized carbons (Fsp3) is 0.182. The van der Waals surface area contributed by atoms with Crippen molar-refractivity contribution in [1.82, 2.24) is 4.90 Å². The fourth-order valence-corrected chi connectivity index (χ4v) is 3.59. The van der Waals surface area contributed by atoms with Crippen molar-refractivity contribution >= 4 is 28.8 Å². The van der Waals surface area contributed by atoms with Crippen LogP contribution in [0.2, 0.25) is 0 Å². The third-order valence-electron chi connectivity index (χ3n) is 4.79. The van der Waals surface area contributed by atoms with Gasteiger partial charge in [0, 0.05) is 41.9 Å². The largest absolute Gasteiger partial charge is 0.319 e. The van der Waals surface area contributed by atoms with Crippen molar-refractivity contribution in [3.05, 3.63) is 77.5 Å². The van der Waals surface area contributed by atoms with Crippen molar-refractivity contribution in [2.24, 2.45) is 0 Å². The molecule has 2 aromatic carbocycles. The number of hydrogen-bond acceptors (Lipinski definition) is 2. The number of para-hydroxylation sites is 1. The van der Waals surface area contributed by atoms with E-state index in [-0.39, 0.29) is 11.8 Å². The molecule has 4 rings (SSSR count).